The van der Waals surface area contributed by atoms with Crippen molar-refractivity contribution >= 4 is 5.82 Å². The number of hydrogen-bond acceptors (Lipinski definition) is 4. The highest BCUT2D eigenvalue weighted by molar-refractivity contribution is 5.89. The zero-order valence-corrected chi connectivity index (χ0v) is 13.6. The fourth-order valence-corrected chi connectivity index (χ4v) is 2.65. The highest BCUT2D eigenvalue weighted by Crippen LogP contribution is 2.36. The molecule has 25 heavy (non-hydrogen) atoms. The molecule has 2 N–H and O–H groups in total. The summed E-state index contributed by atoms with van der Waals surface area (Å²) in [5, 5.41) is 9.60. The van der Waals surface area contributed by atoms with Crippen molar-refractivity contribution in [3.8, 4) is 34.1 Å². The first-order valence-electron chi connectivity index (χ1n) is 7.82. The van der Waals surface area contributed by atoms with Crippen LogP contribution in [0.2, 0.25) is 0 Å². The van der Waals surface area contributed by atoms with Gasteiger partial charge in [-0.25, -0.2) is 4.98 Å². The van der Waals surface area contributed by atoms with Crippen LogP contribution < -0.4 is 10.5 Å². The average molecular weight is 327 g/mol. The van der Waals surface area contributed by atoms with E-state index in [1.54, 1.807) is 12.3 Å². The number of rotatable bonds is 5. The van der Waals surface area contributed by atoms with Gasteiger partial charge in [-0.2, -0.15) is 5.26 Å². The summed E-state index contributed by atoms with van der Waals surface area (Å²) in [5.41, 5.74) is 9.82. The second-order valence-corrected chi connectivity index (χ2v) is 5.41. The Morgan fingerprint density at radius 3 is 2.44 bits per heavy atom. The molecule has 0 saturated carbocycles. The van der Waals surface area contributed by atoms with Crippen LogP contribution in [0.4, 0.5) is 5.82 Å². The maximum atomic E-state index is 9.60. The van der Waals surface area contributed by atoms with Gasteiger partial charge >= 0.3 is 0 Å². The summed E-state index contributed by atoms with van der Waals surface area (Å²) >= 11 is 0. The number of aromatic nitrogens is 1. The number of anilines is 1. The lowest BCUT2D eigenvalue weighted by molar-refractivity contribution is 0.363. The third kappa shape index (κ3) is 3.36. The number of ether oxygens (including phenoxy) is 1. The number of nitrogens with zero attached hydrogens (tertiary/aromatic N) is 2. The van der Waals surface area contributed by atoms with E-state index in [4.69, 9.17) is 10.5 Å². The van der Waals surface area contributed by atoms with Gasteiger partial charge in [0.15, 0.2) is 0 Å². The number of nitriles is 1. The molecule has 0 unspecified atom stereocenters. The first kappa shape index (κ1) is 16.3. The topological polar surface area (TPSA) is 71.9 Å². The lowest BCUT2D eigenvalue weighted by Gasteiger charge is -2.14. The number of nitrogens with two attached hydrogens (primary N) is 1. The minimum absolute atomic E-state index is 0.226. The van der Waals surface area contributed by atoms with Crippen LogP contribution in [0.5, 0.6) is 5.75 Å². The van der Waals surface area contributed by atoms with Crippen LogP contribution in [-0.2, 0) is 0 Å². The molecule has 0 aliphatic heterocycles. The van der Waals surface area contributed by atoms with Crippen molar-refractivity contribution in [1.82, 2.24) is 4.98 Å². The van der Waals surface area contributed by atoms with Crippen molar-refractivity contribution in [3.63, 3.8) is 0 Å². The van der Waals surface area contributed by atoms with Crippen molar-refractivity contribution in [2.24, 2.45) is 0 Å². The molecule has 3 aromatic rings. The highest BCUT2D eigenvalue weighted by Gasteiger charge is 2.16. The average Bonchev–Trinajstić information content (AvgIpc) is 2.67. The van der Waals surface area contributed by atoms with E-state index in [-0.39, 0.29) is 5.82 Å². The molecule has 0 radical (unpaired) electrons. The van der Waals surface area contributed by atoms with Crippen LogP contribution in [0.15, 0.2) is 73.4 Å². The van der Waals surface area contributed by atoms with Crippen LogP contribution in [-0.4, -0.2) is 11.6 Å². The zero-order chi connectivity index (χ0) is 17.6. The Kier molecular flexibility index (Phi) is 4.77. The molecule has 1 heterocycles. The molecule has 4 heteroatoms. The lowest BCUT2D eigenvalue weighted by Crippen LogP contribution is -2.00. The Hall–Kier alpha value is -3.58. The summed E-state index contributed by atoms with van der Waals surface area (Å²) in [5.74, 6) is 0.967. The minimum Gasteiger partial charge on any atom is -0.490 e. The van der Waals surface area contributed by atoms with Gasteiger partial charge in [0.25, 0.3) is 0 Å². The maximum Gasteiger partial charge on any atom is 0.141 e. The van der Waals surface area contributed by atoms with Crippen LogP contribution in [0.25, 0.3) is 22.3 Å². The monoisotopic (exact) mass is 327 g/mol. The summed E-state index contributed by atoms with van der Waals surface area (Å²) in [6, 6.07) is 19.6. The Morgan fingerprint density at radius 1 is 1.08 bits per heavy atom. The van der Waals surface area contributed by atoms with E-state index in [1.807, 2.05) is 54.6 Å². The molecule has 122 valence electrons. The van der Waals surface area contributed by atoms with Crippen LogP contribution in [0, 0.1) is 11.3 Å². The Morgan fingerprint density at radius 2 is 1.80 bits per heavy atom. The summed E-state index contributed by atoms with van der Waals surface area (Å²) in [7, 11) is 0. The van der Waals surface area contributed by atoms with E-state index < -0.39 is 0 Å². The maximum absolute atomic E-state index is 9.60. The van der Waals surface area contributed by atoms with Gasteiger partial charge in [0, 0.05) is 17.3 Å². The minimum atomic E-state index is 0.226. The largest absolute Gasteiger partial charge is 0.490 e. The zero-order valence-electron chi connectivity index (χ0n) is 13.6. The van der Waals surface area contributed by atoms with Crippen molar-refractivity contribution < 1.29 is 4.74 Å². The molecule has 2 aromatic carbocycles. The number of hydrogen-bond donors (Lipinski definition) is 1. The third-order valence-corrected chi connectivity index (χ3v) is 3.82. The molecule has 0 fully saturated rings. The SMILES string of the molecule is C=CCOc1ccc(-c2c(-c3ccccc3)cnc(N)c2C#N)cc1. The molecular weight excluding hydrogens is 310 g/mol. The van der Waals surface area contributed by atoms with Crippen LogP contribution in [0.1, 0.15) is 5.56 Å². The van der Waals surface area contributed by atoms with Gasteiger partial charge < -0.3 is 10.5 Å². The van der Waals surface area contributed by atoms with Gasteiger partial charge in [0.2, 0.25) is 0 Å². The number of pyridine rings is 1. The van der Waals surface area contributed by atoms with E-state index in [0.29, 0.717) is 12.2 Å². The molecule has 0 bridgehead atoms. The molecule has 0 saturated heterocycles. The van der Waals surface area contributed by atoms with Gasteiger partial charge in [-0.1, -0.05) is 55.1 Å². The summed E-state index contributed by atoms with van der Waals surface area (Å²) < 4.78 is 5.52. The molecule has 3 rings (SSSR count). The quantitative estimate of drug-likeness (QED) is 0.703. The standard InChI is InChI=1S/C21H17N3O/c1-2-12-25-17-10-8-16(9-11-17)20-18(13-22)21(23)24-14-19(20)15-6-4-3-5-7-15/h2-11,14H,1,12H2,(H2,23,24). The van der Waals surface area contributed by atoms with Crippen molar-refractivity contribution in [2.45, 2.75) is 0 Å². The molecule has 0 amide bonds. The Labute approximate surface area is 146 Å². The van der Waals surface area contributed by atoms with E-state index in [0.717, 1.165) is 28.0 Å². The van der Waals surface area contributed by atoms with Crippen molar-refractivity contribution in [2.75, 3.05) is 12.3 Å². The number of nitrogen functional groups attached to an aromatic ring is 1. The molecule has 0 atom stereocenters. The second kappa shape index (κ2) is 7.33. The molecule has 0 spiro atoms. The molecule has 0 aliphatic rings. The third-order valence-electron chi connectivity index (χ3n) is 3.82. The van der Waals surface area contributed by atoms with Gasteiger partial charge in [0.05, 0.1) is 0 Å². The predicted molar refractivity (Wildman–Crippen MR) is 99.9 cm³/mol. The molecule has 4 nitrogen and oxygen atoms in total. The van der Waals surface area contributed by atoms with E-state index in [9.17, 15) is 5.26 Å². The first-order valence-corrected chi connectivity index (χ1v) is 7.82. The Bertz CT molecular complexity index is 926. The normalized spacial score (nSPS) is 10.0. The summed E-state index contributed by atoms with van der Waals surface area (Å²) in [4.78, 5) is 4.19. The van der Waals surface area contributed by atoms with Gasteiger partial charge in [-0.05, 0) is 23.3 Å². The van der Waals surface area contributed by atoms with Crippen LogP contribution >= 0.6 is 0 Å². The molecule has 1 aromatic heterocycles. The first-order chi connectivity index (χ1) is 12.2. The van der Waals surface area contributed by atoms with E-state index >= 15 is 0 Å². The van der Waals surface area contributed by atoms with Gasteiger partial charge in [0.1, 0.15) is 29.8 Å². The van der Waals surface area contributed by atoms with Gasteiger partial charge in [-0.15, -0.1) is 0 Å². The van der Waals surface area contributed by atoms with E-state index in [2.05, 4.69) is 17.6 Å². The van der Waals surface area contributed by atoms with E-state index in [1.165, 1.54) is 0 Å². The molecular formula is C21H17N3O. The predicted octanol–water partition coefficient (Wildman–Crippen LogP) is 4.43. The Balaban J connectivity index is 2.15. The summed E-state index contributed by atoms with van der Waals surface area (Å²) in [6.07, 6.45) is 3.40. The summed E-state index contributed by atoms with van der Waals surface area (Å²) in [6.45, 7) is 4.08. The van der Waals surface area contributed by atoms with Crippen molar-refractivity contribution in [1.29, 1.82) is 5.26 Å². The molecule has 0 aliphatic carbocycles. The van der Waals surface area contributed by atoms with Crippen molar-refractivity contribution in [3.05, 3.63) is 79.0 Å². The van der Waals surface area contributed by atoms with Crippen LogP contribution in [0.3, 0.4) is 0 Å². The fourth-order valence-electron chi connectivity index (χ4n) is 2.65. The second-order valence-electron chi connectivity index (χ2n) is 5.41. The van der Waals surface area contributed by atoms with Gasteiger partial charge in [-0.3, -0.25) is 0 Å². The fraction of sp³-hybridized carbons (Fsp3) is 0.0476. The number of benzene rings is 2. The lowest BCUT2D eigenvalue weighted by atomic mass is 9.92. The highest BCUT2D eigenvalue weighted by atomic mass is 16.5. The smallest absolute Gasteiger partial charge is 0.141 e.